The van der Waals surface area contributed by atoms with Crippen LogP contribution in [0, 0.1) is 6.92 Å². The molecule has 0 radical (unpaired) electrons. The van der Waals surface area contributed by atoms with Gasteiger partial charge in [-0.1, -0.05) is 6.07 Å². The standard InChI is InChI=1S/C14H21N3O/c1-11-17-13-6-5-12(9-14(13)18-11)10-16-8-4-3-7-15-2/h5-6,9,15-16H,3-4,7-8,10H2,1-2H3. The highest BCUT2D eigenvalue weighted by molar-refractivity contribution is 5.73. The van der Waals surface area contributed by atoms with Gasteiger partial charge in [-0.2, -0.15) is 0 Å². The number of nitrogens with one attached hydrogen (secondary N) is 2. The maximum absolute atomic E-state index is 5.52. The lowest BCUT2D eigenvalue weighted by molar-refractivity contribution is 0.560. The van der Waals surface area contributed by atoms with Crippen LogP contribution in [0.4, 0.5) is 0 Å². The molecule has 2 rings (SSSR count). The van der Waals surface area contributed by atoms with E-state index in [-0.39, 0.29) is 0 Å². The number of aryl methyl sites for hydroxylation is 1. The summed E-state index contributed by atoms with van der Waals surface area (Å²) in [5.41, 5.74) is 3.06. The summed E-state index contributed by atoms with van der Waals surface area (Å²) in [6.45, 7) is 4.90. The zero-order chi connectivity index (χ0) is 12.8. The molecule has 1 heterocycles. The molecule has 0 saturated carbocycles. The van der Waals surface area contributed by atoms with Crippen LogP contribution in [-0.2, 0) is 6.54 Å². The molecule has 0 unspecified atom stereocenters. The van der Waals surface area contributed by atoms with Crippen LogP contribution in [-0.4, -0.2) is 25.1 Å². The van der Waals surface area contributed by atoms with E-state index in [2.05, 4.69) is 27.8 Å². The first-order valence-corrected chi connectivity index (χ1v) is 6.51. The van der Waals surface area contributed by atoms with Crippen LogP contribution in [0.2, 0.25) is 0 Å². The molecule has 0 atom stereocenters. The fraction of sp³-hybridized carbons (Fsp3) is 0.500. The van der Waals surface area contributed by atoms with Crippen molar-refractivity contribution < 1.29 is 4.42 Å². The lowest BCUT2D eigenvalue weighted by Crippen LogP contribution is -2.16. The normalized spacial score (nSPS) is 11.2. The van der Waals surface area contributed by atoms with Crippen LogP contribution in [0.5, 0.6) is 0 Å². The molecule has 0 aliphatic heterocycles. The van der Waals surface area contributed by atoms with E-state index >= 15 is 0 Å². The minimum Gasteiger partial charge on any atom is -0.441 e. The van der Waals surface area contributed by atoms with E-state index < -0.39 is 0 Å². The summed E-state index contributed by atoms with van der Waals surface area (Å²) in [5, 5.41) is 6.59. The molecule has 0 amide bonds. The average Bonchev–Trinajstić information content (AvgIpc) is 2.73. The van der Waals surface area contributed by atoms with E-state index in [0.29, 0.717) is 0 Å². The summed E-state index contributed by atoms with van der Waals surface area (Å²) in [5.74, 6) is 0.724. The number of rotatable bonds is 7. The van der Waals surface area contributed by atoms with Gasteiger partial charge >= 0.3 is 0 Å². The van der Waals surface area contributed by atoms with E-state index in [0.717, 1.165) is 36.6 Å². The minimum absolute atomic E-state index is 0.724. The third kappa shape index (κ3) is 3.55. The largest absolute Gasteiger partial charge is 0.441 e. The first kappa shape index (κ1) is 13.1. The molecule has 0 bridgehead atoms. The Bertz CT molecular complexity index is 493. The van der Waals surface area contributed by atoms with E-state index in [4.69, 9.17) is 4.42 Å². The van der Waals surface area contributed by atoms with Gasteiger partial charge in [0, 0.05) is 13.5 Å². The van der Waals surface area contributed by atoms with Gasteiger partial charge in [0.1, 0.15) is 5.52 Å². The Morgan fingerprint density at radius 1 is 1.22 bits per heavy atom. The van der Waals surface area contributed by atoms with Crippen LogP contribution < -0.4 is 10.6 Å². The average molecular weight is 247 g/mol. The highest BCUT2D eigenvalue weighted by Crippen LogP contribution is 2.16. The van der Waals surface area contributed by atoms with Crippen LogP contribution in [0.1, 0.15) is 24.3 Å². The number of fused-ring (bicyclic) bond motifs is 1. The predicted molar refractivity (Wildman–Crippen MR) is 73.6 cm³/mol. The Morgan fingerprint density at radius 3 is 2.89 bits per heavy atom. The predicted octanol–water partition coefficient (Wildman–Crippen LogP) is 2.23. The van der Waals surface area contributed by atoms with E-state index in [1.165, 1.54) is 18.4 Å². The topological polar surface area (TPSA) is 50.1 Å². The lowest BCUT2D eigenvalue weighted by Gasteiger charge is -2.04. The number of unbranched alkanes of at least 4 members (excludes halogenated alkanes) is 1. The zero-order valence-corrected chi connectivity index (χ0v) is 11.1. The van der Waals surface area contributed by atoms with Crippen molar-refractivity contribution in [2.75, 3.05) is 20.1 Å². The van der Waals surface area contributed by atoms with Gasteiger partial charge in [-0.3, -0.25) is 0 Å². The maximum atomic E-state index is 5.52. The summed E-state index contributed by atoms with van der Waals surface area (Å²) in [7, 11) is 1.99. The van der Waals surface area contributed by atoms with Crippen molar-refractivity contribution >= 4 is 11.1 Å². The highest BCUT2D eigenvalue weighted by atomic mass is 16.3. The molecule has 1 aromatic carbocycles. The number of nitrogens with zero attached hydrogens (tertiary/aromatic N) is 1. The summed E-state index contributed by atoms with van der Waals surface area (Å²) < 4.78 is 5.52. The van der Waals surface area contributed by atoms with Gasteiger partial charge in [0.15, 0.2) is 11.5 Å². The van der Waals surface area contributed by atoms with Gasteiger partial charge in [0.25, 0.3) is 0 Å². The summed E-state index contributed by atoms with van der Waals surface area (Å²) in [6.07, 6.45) is 2.41. The first-order chi connectivity index (χ1) is 8.79. The summed E-state index contributed by atoms with van der Waals surface area (Å²) >= 11 is 0. The zero-order valence-electron chi connectivity index (χ0n) is 11.1. The Labute approximate surface area is 108 Å². The molecule has 98 valence electrons. The van der Waals surface area contributed by atoms with Crippen molar-refractivity contribution in [2.45, 2.75) is 26.3 Å². The Morgan fingerprint density at radius 2 is 2.06 bits per heavy atom. The lowest BCUT2D eigenvalue weighted by atomic mass is 10.2. The van der Waals surface area contributed by atoms with Gasteiger partial charge in [-0.15, -0.1) is 0 Å². The quantitative estimate of drug-likeness (QED) is 0.737. The van der Waals surface area contributed by atoms with Crippen molar-refractivity contribution in [2.24, 2.45) is 0 Å². The van der Waals surface area contributed by atoms with Crippen molar-refractivity contribution in [3.8, 4) is 0 Å². The van der Waals surface area contributed by atoms with Gasteiger partial charge in [-0.25, -0.2) is 4.98 Å². The SMILES string of the molecule is CNCCCCNCc1ccc2nc(C)oc2c1. The Hall–Kier alpha value is -1.39. The van der Waals surface area contributed by atoms with Crippen LogP contribution in [0.3, 0.4) is 0 Å². The molecule has 0 aliphatic rings. The second-order valence-corrected chi connectivity index (χ2v) is 4.52. The van der Waals surface area contributed by atoms with Crippen molar-refractivity contribution in [1.82, 2.24) is 15.6 Å². The maximum Gasteiger partial charge on any atom is 0.192 e. The van der Waals surface area contributed by atoms with Crippen LogP contribution in [0.25, 0.3) is 11.1 Å². The second-order valence-electron chi connectivity index (χ2n) is 4.52. The van der Waals surface area contributed by atoms with Gasteiger partial charge < -0.3 is 15.1 Å². The number of aromatic nitrogens is 1. The summed E-state index contributed by atoms with van der Waals surface area (Å²) in [4.78, 5) is 4.29. The molecular formula is C14H21N3O. The molecule has 0 spiro atoms. The monoisotopic (exact) mass is 247 g/mol. The van der Waals surface area contributed by atoms with Gasteiger partial charge in [0.05, 0.1) is 0 Å². The fourth-order valence-corrected chi connectivity index (χ4v) is 1.98. The fourth-order valence-electron chi connectivity index (χ4n) is 1.98. The molecule has 0 aliphatic carbocycles. The minimum atomic E-state index is 0.724. The smallest absolute Gasteiger partial charge is 0.192 e. The van der Waals surface area contributed by atoms with Crippen molar-refractivity contribution in [1.29, 1.82) is 0 Å². The Kier molecular flexibility index (Phi) is 4.73. The van der Waals surface area contributed by atoms with Gasteiger partial charge in [0.2, 0.25) is 0 Å². The molecule has 0 saturated heterocycles. The number of benzene rings is 1. The molecule has 2 aromatic rings. The van der Waals surface area contributed by atoms with Crippen molar-refractivity contribution in [3.05, 3.63) is 29.7 Å². The van der Waals surface area contributed by atoms with Crippen molar-refractivity contribution in [3.63, 3.8) is 0 Å². The molecule has 0 fully saturated rings. The molecule has 4 nitrogen and oxygen atoms in total. The molecule has 2 N–H and O–H groups in total. The van der Waals surface area contributed by atoms with Gasteiger partial charge in [-0.05, 0) is 50.7 Å². The van der Waals surface area contributed by atoms with Crippen LogP contribution >= 0.6 is 0 Å². The van der Waals surface area contributed by atoms with E-state index in [9.17, 15) is 0 Å². The molecule has 4 heteroatoms. The first-order valence-electron chi connectivity index (χ1n) is 6.51. The summed E-state index contributed by atoms with van der Waals surface area (Å²) in [6, 6.07) is 6.19. The Balaban J connectivity index is 1.80. The number of oxazole rings is 1. The third-order valence-electron chi connectivity index (χ3n) is 2.92. The second kappa shape index (κ2) is 6.52. The highest BCUT2D eigenvalue weighted by Gasteiger charge is 2.02. The molecule has 1 aromatic heterocycles. The number of hydrogen-bond donors (Lipinski definition) is 2. The molecular weight excluding hydrogens is 226 g/mol. The number of hydrogen-bond acceptors (Lipinski definition) is 4. The van der Waals surface area contributed by atoms with Crippen LogP contribution in [0.15, 0.2) is 22.6 Å². The van der Waals surface area contributed by atoms with E-state index in [1.54, 1.807) is 0 Å². The molecule has 18 heavy (non-hydrogen) atoms. The van der Waals surface area contributed by atoms with E-state index in [1.807, 2.05) is 20.0 Å². The third-order valence-corrected chi connectivity index (χ3v) is 2.92.